The number of fused-ring (bicyclic) bond motifs is 3. The molecule has 2 aliphatic carbocycles. The number of ether oxygens (including phenoxy) is 1. The molecule has 6 nitrogen and oxygen atoms in total. The van der Waals surface area contributed by atoms with Gasteiger partial charge in [-0.2, -0.15) is 0 Å². The van der Waals surface area contributed by atoms with Crippen LogP contribution in [0.2, 0.25) is 0 Å². The lowest BCUT2D eigenvalue weighted by Gasteiger charge is -2.49. The third-order valence-corrected chi connectivity index (χ3v) is 7.98. The minimum absolute atomic E-state index is 0.126. The van der Waals surface area contributed by atoms with Crippen LogP contribution in [0.25, 0.3) is 10.4 Å². The van der Waals surface area contributed by atoms with Crippen molar-refractivity contribution in [2.45, 2.75) is 101 Å². The lowest BCUT2D eigenvalue weighted by atomic mass is 9.61. The van der Waals surface area contributed by atoms with E-state index >= 15 is 0 Å². The highest BCUT2D eigenvalue weighted by Crippen LogP contribution is 2.57. The first-order chi connectivity index (χ1) is 14.4. The molecule has 1 aliphatic heterocycles. The molecule has 0 bridgehead atoms. The number of azide groups is 1. The van der Waals surface area contributed by atoms with Crippen molar-refractivity contribution in [2.24, 2.45) is 11.0 Å². The number of phenolic OH excluding ortho intramolecular Hbond substituents is 1. The topological polar surface area (TPSA) is 98.5 Å². The molecule has 164 valence electrons. The molecular formula is C24H35N3O3. The van der Waals surface area contributed by atoms with E-state index in [1.54, 1.807) is 0 Å². The number of aliphatic hydroxyl groups excluding tert-OH is 1. The van der Waals surface area contributed by atoms with Crippen LogP contribution in [-0.4, -0.2) is 28.5 Å². The quantitative estimate of drug-likeness (QED) is 0.244. The van der Waals surface area contributed by atoms with Crippen molar-refractivity contribution in [3.05, 3.63) is 33.7 Å². The Kier molecular flexibility index (Phi) is 5.91. The fourth-order valence-electron chi connectivity index (χ4n) is 6.19. The number of hydrogen-bond donors (Lipinski definition) is 2. The van der Waals surface area contributed by atoms with Gasteiger partial charge in [0.1, 0.15) is 17.1 Å². The van der Waals surface area contributed by atoms with Gasteiger partial charge in [0, 0.05) is 28.9 Å². The van der Waals surface area contributed by atoms with Gasteiger partial charge in [-0.3, -0.25) is 0 Å². The lowest BCUT2D eigenvalue weighted by molar-refractivity contribution is -0.0318. The number of rotatable bonds is 7. The van der Waals surface area contributed by atoms with Gasteiger partial charge < -0.3 is 14.9 Å². The number of aliphatic hydroxyl groups is 1. The number of hydrogen-bond acceptors (Lipinski definition) is 4. The molecule has 0 radical (unpaired) electrons. The summed E-state index contributed by atoms with van der Waals surface area (Å²) in [6.07, 6.45) is 9.84. The van der Waals surface area contributed by atoms with Crippen LogP contribution in [0.5, 0.6) is 11.5 Å². The zero-order valence-corrected chi connectivity index (χ0v) is 18.3. The molecule has 30 heavy (non-hydrogen) atoms. The van der Waals surface area contributed by atoms with Crippen molar-refractivity contribution in [1.82, 2.24) is 0 Å². The Morgan fingerprint density at radius 3 is 2.70 bits per heavy atom. The Morgan fingerprint density at radius 2 is 2.00 bits per heavy atom. The van der Waals surface area contributed by atoms with E-state index < -0.39 is 0 Å². The van der Waals surface area contributed by atoms with Gasteiger partial charge in [0.25, 0.3) is 0 Å². The zero-order valence-electron chi connectivity index (χ0n) is 18.3. The van der Waals surface area contributed by atoms with Gasteiger partial charge in [-0.15, -0.1) is 0 Å². The summed E-state index contributed by atoms with van der Waals surface area (Å²) in [7, 11) is 0. The highest BCUT2D eigenvalue weighted by Gasteiger charge is 2.48. The standard InChI is InChI=1S/C24H35N3O3/c1-23(2)19-8-7-17(28)15-18(19)22-20(29)13-16(14-21(22)30-23)24(10-6-11-24)9-4-3-5-12-26-27-25/h13-14,17-19,28-29H,3-12,15H2,1-2H3/t17-,18+,19+/m0/s1. The highest BCUT2D eigenvalue weighted by atomic mass is 16.5. The predicted molar refractivity (Wildman–Crippen MR) is 117 cm³/mol. The van der Waals surface area contributed by atoms with Gasteiger partial charge in [-0.05, 0) is 87.4 Å². The minimum Gasteiger partial charge on any atom is -0.508 e. The molecule has 6 heteroatoms. The Balaban J connectivity index is 1.57. The Morgan fingerprint density at radius 1 is 1.20 bits per heavy atom. The third kappa shape index (κ3) is 3.88. The van der Waals surface area contributed by atoms with Gasteiger partial charge in [-0.1, -0.05) is 24.4 Å². The molecule has 2 fully saturated rings. The van der Waals surface area contributed by atoms with E-state index in [2.05, 4.69) is 29.9 Å². The highest BCUT2D eigenvalue weighted by molar-refractivity contribution is 5.54. The van der Waals surface area contributed by atoms with Crippen molar-refractivity contribution >= 4 is 0 Å². The molecule has 0 spiro atoms. The second-order valence-corrected chi connectivity index (χ2v) is 10.2. The molecule has 0 amide bonds. The van der Waals surface area contributed by atoms with E-state index in [-0.39, 0.29) is 23.0 Å². The second kappa shape index (κ2) is 8.32. The van der Waals surface area contributed by atoms with E-state index in [1.807, 2.05) is 6.07 Å². The molecule has 0 saturated heterocycles. The van der Waals surface area contributed by atoms with E-state index in [0.29, 0.717) is 24.6 Å². The first-order valence-electron chi connectivity index (χ1n) is 11.6. The zero-order chi connectivity index (χ0) is 21.4. The molecule has 1 heterocycles. The van der Waals surface area contributed by atoms with E-state index in [1.165, 1.54) is 12.0 Å². The van der Waals surface area contributed by atoms with Gasteiger partial charge in [0.15, 0.2) is 0 Å². The molecule has 2 N–H and O–H groups in total. The fourth-order valence-corrected chi connectivity index (χ4v) is 6.19. The maximum Gasteiger partial charge on any atom is 0.127 e. The summed E-state index contributed by atoms with van der Waals surface area (Å²) < 4.78 is 6.49. The Hall–Kier alpha value is -1.91. The van der Waals surface area contributed by atoms with E-state index in [0.717, 1.165) is 62.7 Å². The molecule has 1 aromatic rings. The monoisotopic (exact) mass is 413 g/mol. The van der Waals surface area contributed by atoms with Crippen LogP contribution in [-0.2, 0) is 5.41 Å². The van der Waals surface area contributed by atoms with Crippen molar-refractivity contribution in [1.29, 1.82) is 0 Å². The summed E-state index contributed by atoms with van der Waals surface area (Å²) in [4.78, 5) is 2.82. The van der Waals surface area contributed by atoms with Gasteiger partial charge in [0.05, 0.1) is 6.10 Å². The van der Waals surface area contributed by atoms with Crippen LogP contribution in [0, 0.1) is 5.92 Å². The molecule has 0 aromatic heterocycles. The van der Waals surface area contributed by atoms with Crippen molar-refractivity contribution in [3.8, 4) is 11.5 Å². The van der Waals surface area contributed by atoms with Crippen LogP contribution in [0.15, 0.2) is 17.2 Å². The average molecular weight is 414 g/mol. The summed E-state index contributed by atoms with van der Waals surface area (Å²) in [5.74, 6) is 1.63. The summed E-state index contributed by atoms with van der Waals surface area (Å²) in [5.41, 5.74) is 10.3. The molecule has 4 rings (SSSR count). The normalized spacial score (nSPS) is 28.3. The molecular weight excluding hydrogens is 378 g/mol. The van der Waals surface area contributed by atoms with Gasteiger partial charge in [0.2, 0.25) is 0 Å². The average Bonchev–Trinajstić information content (AvgIpc) is 2.65. The Bertz CT molecular complexity index is 827. The van der Waals surface area contributed by atoms with Gasteiger partial charge >= 0.3 is 0 Å². The van der Waals surface area contributed by atoms with Crippen LogP contribution >= 0.6 is 0 Å². The number of phenols is 1. The number of benzene rings is 1. The maximum absolute atomic E-state index is 11.1. The Labute approximate surface area is 179 Å². The summed E-state index contributed by atoms with van der Waals surface area (Å²) >= 11 is 0. The van der Waals surface area contributed by atoms with Crippen LogP contribution in [0.3, 0.4) is 0 Å². The predicted octanol–water partition coefficient (Wildman–Crippen LogP) is 6.10. The van der Waals surface area contributed by atoms with E-state index in [9.17, 15) is 10.2 Å². The van der Waals surface area contributed by atoms with Crippen LogP contribution in [0.4, 0.5) is 0 Å². The third-order valence-electron chi connectivity index (χ3n) is 7.98. The SMILES string of the molecule is CC1(C)Oc2cc(C3(CCCCCN=[N+]=[N-])CCC3)cc(O)c2[C@@H]2C[C@@H](O)CC[C@H]21. The van der Waals surface area contributed by atoms with Crippen LogP contribution < -0.4 is 4.74 Å². The van der Waals surface area contributed by atoms with Crippen molar-refractivity contribution < 1.29 is 14.9 Å². The summed E-state index contributed by atoms with van der Waals surface area (Å²) in [6, 6.07) is 4.17. The molecule has 3 aliphatic rings. The van der Waals surface area contributed by atoms with Gasteiger partial charge in [-0.25, -0.2) is 0 Å². The van der Waals surface area contributed by atoms with Crippen LogP contribution in [0.1, 0.15) is 95.1 Å². The smallest absolute Gasteiger partial charge is 0.127 e. The number of aromatic hydroxyl groups is 1. The second-order valence-electron chi connectivity index (χ2n) is 10.2. The summed E-state index contributed by atoms with van der Waals surface area (Å²) in [5, 5.41) is 25.0. The number of nitrogens with zero attached hydrogens (tertiary/aromatic N) is 3. The molecule has 2 saturated carbocycles. The molecule has 1 aromatic carbocycles. The first kappa shape index (κ1) is 21.3. The first-order valence-corrected chi connectivity index (χ1v) is 11.6. The molecule has 3 atom stereocenters. The maximum atomic E-state index is 11.1. The summed E-state index contributed by atoms with van der Waals surface area (Å²) in [6.45, 7) is 4.87. The fraction of sp³-hybridized carbons (Fsp3) is 0.750. The largest absolute Gasteiger partial charge is 0.508 e. The van der Waals surface area contributed by atoms with Crippen molar-refractivity contribution in [2.75, 3.05) is 6.54 Å². The molecule has 0 unspecified atom stereocenters. The minimum atomic E-state index is -0.296. The van der Waals surface area contributed by atoms with E-state index in [4.69, 9.17) is 10.3 Å². The number of unbranched alkanes of at least 4 members (excludes halogenated alkanes) is 2. The van der Waals surface area contributed by atoms with Crippen molar-refractivity contribution in [3.63, 3.8) is 0 Å². The lowest BCUT2D eigenvalue weighted by Crippen LogP contribution is -2.47.